The third-order valence-electron chi connectivity index (χ3n) is 3.07. The summed E-state index contributed by atoms with van der Waals surface area (Å²) in [5.41, 5.74) is 0. The third kappa shape index (κ3) is 3.67. The van der Waals surface area contributed by atoms with Crippen molar-refractivity contribution in [1.29, 1.82) is 0 Å². The van der Waals surface area contributed by atoms with Crippen molar-refractivity contribution in [3.8, 4) is 5.75 Å². The van der Waals surface area contributed by atoms with Gasteiger partial charge in [-0.15, -0.1) is 0 Å². The van der Waals surface area contributed by atoms with Crippen LogP contribution in [0.25, 0.3) is 0 Å². The number of pyridine rings is 1. The number of hydrogen-bond acceptors (Lipinski definition) is 4. The van der Waals surface area contributed by atoms with Gasteiger partial charge in [0.15, 0.2) is 6.61 Å². The number of nitrogens with zero attached hydrogens (tertiary/aromatic N) is 3. The zero-order valence-electron chi connectivity index (χ0n) is 10.9. The Morgan fingerprint density at radius 2 is 1.95 bits per heavy atom. The predicted molar refractivity (Wildman–Crippen MR) is 68.6 cm³/mol. The number of aromatic nitrogens is 1. The number of carbonyl (C=O) groups is 2. The van der Waals surface area contributed by atoms with E-state index >= 15 is 0 Å². The molecule has 1 fully saturated rings. The van der Waals surface area contributed by atoms with E-state index in [-0.39, 0.29) is 18.4 Å². The Morgan fingerprint density at radius 3 is 2.53 bits per heavy atom. The Morgan fingerprint density at radius 1 is 1.26 bits per heavy atom. The van der Waals surface area contributed by atoms with E-state index in [2.05, 4.69) is 4.98 Å². The average Bonchev–Trinajstić information content (AvgIpc) is 2.46. The maximum Gasteiger partial charge on any atom is 0.260 e. The minimum absolute atomic E-state index is 0.00572. The van der Waals surface area contributed by atoms with Crippen LogP contribution in [-0.2, 0) is 9.59 Å². The lowest BCUT2D eigenvalue weighted by Crippen LogP contribution is -2.51. The highest BCUT2D eigenvalue weighted by Gasteiger charge is 2.22. The van der Waals surface area contributed by atoms with Crippen LogP contribution in [0.2, 0.25) is 0 Å². The molecule has 0 aliphatic carbocycles. The van der Waals surface area contributed by atoms with Crippen molar-refractivity contribution in [3.05, 3.63) is 24.5 Å². The topological polar surface area (TPSA) is 62.7 Å². The molecule has 1 aromatic rings. The molecule has 0 aromatic carbocycles. The SMILES string of the molecule is CC(=O)N1CCN(C(=O)COc2cccnc2)CC1. The molecule has 1 aliphatic heterocycles. The first-order valence-corrected chi connectivity index (χ1v) is 6.23. The normalized spacial score (nSPS) is 15.2. The molecule has 2 heterocycles. The van der Waals surface area contributed by atoms with Crippen LogP contribution in [0.5, 0.6) is 5.75 Å². The van der Waals surface area contributed by atoms with E-state index in [1.54, 1.807) is 41.2 Å². The number of piperazine rings is 1. The van der Waals surface area contributed by atoms with E-state index in [0.29, 0.717) is 31.9 Å². The number of amides is 2. The quantitative estimate of drug-likeness (QED) is 0.779. The van der Waals surface area contributed by atoms with Crippen molar-refractivity contribution >= 4 is 11.8 Å². The van der Waals surface area contributed by atoms with Crippen LogP contribution in [0, 0.1) is 0 Å². The summed E-state index contributed by atoms with van der Waals surface area (Å²) in [5.74, 6) is 0.573. The van der Waals surface area contributed by atoms with E-state index in [1.807, 2.05) is 0 Å². The number of rotatable bonds is 3. The summed E-state index contributed by atoms with van der Waals surface area (Å²) in [4.78, 5) is 30.5. The van der Waals surface area contributed by atoms with E-state index in [0.717, 1.165) is 0 Å². The molecule has 6 nitrogen and oxygen atoms in total. The maximum atomic E-state index is 11.9. The highest BCUT2D eigenvalue weighted by molar-refractivity contribution is 5.78. The van der Waals surface area contributed by atoms with Gasteiger partial charge in [0, 0.05) is 39.3 Å². The van der Waals surface area contributed by atoms with Gasteiger partial charge in [0.2, 0.25) is 5.91 Å². The minimum Gasteiger partial charge on any atom is -0.482 e. The molecule has 0 atom stereocenters. The first kappa shape index (κ1) is 13.3. The highest BCUT2D eigenvalue weighted by Crippen LogP contribution is 2.07. The van der Waals surface area contributed by atoms with E-state index in [1.165, 1.54) is 0 Å². The van der Waals surface area contributed by atoms with Crippen LogP contribution in [0.15, 0.2) is 24.5 Å². The molecule has 0 radical (unpaired) electrons. The third-order valence-corrected chi connectivity index (χ3v) is 3.07. The molecular weight excluding hydrogens is 246 g/mol. The Bertz CT molecular complexity index is 442. The maximum absolute atomic E-state index is 11.9. The zero-order chi connectivity index (χ0) is 13.7. The lowest BCUT2D eigenvalue weighted by Gasteiger charge is -2.34. The largest absolute Gasteiger partial charge is 0.482 e. The fourth-order valence-electron chi connectivity index (χ4n) is 1.94. The van der Waals surface area contributed by atoms with Gasteiger partial charge in [-0.3, -0.25) is 14.6 Å². The second kappa shape index (κ2) is 6.17. The van der Waals surface area contributed by atoms with Crippen molar-refractivity contribution in [1.82, 2.24) is 14.8 Å². The van der Waals surface area contributed by atoms with Crippen LogP contribution in [0.1, 0.15) is 6.92 Å². The second-order valence-corrected chi connectivity index (χ2v) is 4.36. The lowest BCUT2D eigenvalue weighted by atomic mass is 10.3. The van der Waals surface area contributed by atoms with Gasteiger partial charge in [0.1, 0.15) is 5.75 Å². The molecule has 1 aromatic heterocycles. The summed E-state index contributed by atoms with van der Waals surface area (Å²) in [5, 5.41) is 0. The Balaban J connectivity index is 1.77. The fourth-order valence-corrected chi connectivity index (χ4v) is 1.94. The van der Waals surface area contributed by atoms with Gasteiger partial charge >= 0.3 is 0 Å². The summed E-state index contributed by atoms with van der Waals surface area (Å²) in [7, 11) is 0. The van der Waals surface area contributed by atoms with Gasteiger partial charge in [-0.25, -0.2) is 0 Å². The smallest absolute Gasteiger partial charge is 0.260 e. The van der Waals surface area contributed by atoms with Crippen molar-refractivity contribution in [2.24, 2.45) is 0 Å². The van der Waals surface area contributed by atoms with Crippen molar-refractivity contribution < 1.29 is 14.3 Å². The molecule has 0 spiro atoms. The fraction of sp³-hybridized carbons (Fsp3) is 0.462. The average molecular weight is 263 g/mol. The molecular formula is C13H17N3O3. The van der Waals surface area contributed by atoms with Gasteiger partial charge in [-0.2, -0.15) is 0 Å². The zero-order valence-corrected chi connectivity index (χ0v) is 10.9. The molecule has 0 unspecified atom stereocenters. The van der Waals surface area contributed by atoms with Gasteiger partial charge in [0.25, 0.3) is 5.91 Å². The molecule has 19 heavy (non-hydrogen) atoms. The molecule has 0 N–H and O–H groups in total. The molecule has 0 saturated carbocycles. The lowest BCUT2D eigenvalue weighted by molar-refractivity contribution is -0.139. The van der Waals surface area contributed by atoms with Gasteiger partial charge in [-0.1, -0.05) is 0 Å². The molecule has 6 heteroatoms. The summed E-state index contributed by atoms with van der Waals surface area (Å²) < 4.78 is 5.36. The first-order chi connectivity index (χ1) is 9.16. The van der Waals surface area contributed by atoms with Crippen LogP contribution >= 0.6 is 0 Å². The van der Waals surface area contributed by atoms with Crippen molar-refractivity contribution in [2.75, 3.05) is 32.8 Å². The molecule has 1 aliphatic rings. The molecule has 1 saturated heterocycles. The van der Waals surface area contributed by atoms with Crippen LogP contribution < -0.4 is 4.74 Å². The molecule has 0 bridgehead atoms. The van der Waals surface area contributed by atoms with Gasteiger partial charge in [-0.05, 0) is 12.1 Å². The standard InChI is InChI=1S/C13H17N3O3/c1-11(17)15-5-7-16(8-6-15)13(18)10-19-12-3-2-4-14-9-12/h2-4,9H,5-8,10H2,1H3. The van der Waals surface area contributed by atoms with Crippen LogP contribution in [0.3, 0.4) is 0 Å². The van der Waals surface area contributed by atoms with Crippen molar-refractivity contribution in [2.45, 2.75) is 6.92 Å². The number of hydrogen-bond donors (Lipinski definition) is 0. The molecule has 102 valence electrons. The molecule has 2 amide bonds. The molecule has 2 rings (SSSR count). The van der Waals surface area contributed by atoms with E-state index < -0.39 is 0 Å². The predicted octanol–water partition coefficient (Wildman–Crippen LogP) is 0.151. The highest BCUT2D eigenvalue weighted by atomic mass is 16.5. The van der Waals surface area contributed by atoms with Crippen molar-refractivity contribution in [3.63, 3.8) is 0 Å². The monoisotopic (exact) mass is 263 g/mol. The summed E-state index contributed by atoms with van der Waals surface area (Å²) in [6.07, 6.45) is 3.22. The first-order valence-electron chi connectivity index (χ1n) is 6.23. The summed E-state index contributed by atoms with van der Waals surface area (Å²) >= 11 is 0. The van der Waals surface area contributed by atoms with Crippen LogP contribution in [-0.4, -0.2) is 59.4 Å². The van der Waals surface area contributed by atoms with Crippen LogP contribution in [0.4, 0.5) is 0 Å². The van der Waals surface area contributed by atoms with Gasteiger partial charge in [0.05, 0.1) is 6.20 Å². The number of ether oxygens (including phenoxy) is 1. The van der Waals surface area contributed by atoms with E-state index in [9.17, 15) is 9.59 Å². The number of carbonyl (C=O) groups excluding carboxylic acids is 2. The Kier molecular flexibility index (Phi) is 4.33. The van der Waals surface area contributed by atoms with Gasteiger partial charge < -0.3 is 14.5 Å². The second-order valence-electron chi connectivity index (χ2n) is 4.36. The summed E-state index contributed by atoms with van der Waals surface area (Å²) in [6, 6.07) is 3.51. The Labute approximate surface area is 112 Å². The minimum atomic E-state index is -0.0629. The van der Waals surface area contributed by atoms with E-state index in [4.69, 9.17) is 4.74 Å². The Hall–Kier alpha value is -2.11. The summed E-state index contributed by atoms with van der Waals surface area (Å²) in [6.45, 7) is 3.86.